The topological polar surface area (TPSA) is 82.4 Å². The number of esters is 1. The van der Waals surface area contributed by atoms with Crippen LogP contribution in [0.15, 0.2) is 30.0 Å². The van der Waals surface area contributed by atoms with E-state index in [1.807, 2.05) is 6.07 Å². The number of carbonyl (C=O) groups excluding carboxylic acids is 2. The molecule has 1 heterocycles. The molecule has 8 heteroatoms. The van der Waals surface area contributed by atoms with Crippen molar-refractivity contribution in [1.29, 1.82) is 5.26 Å². The molecule has 0 bridgehead atoms. The first-order valence-corrected chi connectivity index (χ1v) is 8.99. The van der Waals surface area contributed by atoms with Crippen molar-refractivity contribution >= 4 is 40.8 Å². The molecule has 1 amide bonds. The van der Waals surface area contributed by atoms with E-state index in [1.165, 1.54) is 6.20 Å². The van der Waals surface area contributed by atoms with Gasteiger partial charge < -0.3 is 15.0 Å². The Bertz CT molecular complexity index is 751. The molecule has 0 spiro atoms. The maximum Gasteiger partial charge on any atom is 0.309 e. The van der Waals surface area contributed by atoms with Gasteiger partial charge in [0.15, 0.2) is 0 Å². The predicted octanol–water partition coefficient (Wildman–Crippen LogP) is 3.61. The molecule has 1 aliphatic heterocycles. The van der Waals surface area contributed by atoms with Crippen molar-refractivity contribution in [3.05, 3.63) is 40.0 Å². The maximum atomic E-state index is 12.5. The molecule has 0 atom stereocenters. The zero-order valence-electron chi connectivity index (χ0n) is 14.3. The van der Waals surface area contributed by atoms with Crippen LogP contribution in [0.1, 0.15) is 19.8 Å². The third kappa shape index (κ3) is 5.13. The molecule has 2 rings (SSSR count). The van der Waals surface area contributed by atoms with Gasteiger partial charge in [-0.1, -0.05) is 23.2 Å². The van der Waals surface area contributed by atoms with E-state index in [1.54, 1.807) is 30.0 Å². The van der Waals surface area contributed by atoms with E-state index in [2.05, 4.69) is 5.32 Å². The largest absolute Gasteiger partial charge is 0.466 e. The van der Waals surface area contributed by atoms with Gasteiger partial charge in [-0.25, -0.2) is 0 Å². The van der Waals surface area contributed by atoms with Crippen LogP contribution in [0.2, 0.25) is 10.0 Å². The molecule has 0 aromatic heterocycles. The number of piperidine rings is 1. The number of likely N-dealkylation sites (tertiary alicyclic amines) is 1. The lowest BCUT2D eigenvalue weighted by atomic mass is 9.96. The molecule has 6 nitrogen and oxygen atoms in total. The minimum atomic E-state index is -0.382. The third-order valence-electron chi connectivity index (χ3n) is 4.06. The van der Waals surface area contributed by atoms with Crippen molar-refractivity contribution in [2.24, 2.45) is 5.92 Å². The number of ether oxygens (including phenoxy) is 1. The van der Waals surface area contributed by atoms with Crippen LogP contribution in [0.25, 0.3) is 0 Å². The molecule has 26 heavy (non-hydrogen) atoms. The molecule has 1 N–H and O–H groups in total. The molecule has 1 aromatic rings. The molecule has 0 radical (unpaired) electrons. The lowest BCUT2D eigenvalue weighted by molar-refractivity contribution is -0.150. The van der Waals surface area contributed by atoms with Gasteiger partial charge in [0.2, 0.25) is 0 Å². The molecule has 0 unspecified atom stereocenters. The Morgan fingerprint density at radius 3 is 2.65 bits per heavy atom. The Hall–Kier alpha value is -2.23. The fourth-order valence-corrected chi connectivity index (χ4v) is 3.11. The third-order valence-corrected chi connectivity index (χ3v) is 4.60. The van der Waals surface area contributed by atoms with Crippen molar-refractivity contribution < 1.29 is 14.3 Å². The number of amides is 1. The molecule has 1 aromatic carbocycles. The number of anilines is 1. The normalized spacial score (nSPS) is 15.3. The number of benzene rings is 1. The van der Waals surface area contributed by atoms with Crippen molar-refractivity contribution in [2.45, 2.75) is 19.8 Å². The van der Waals surface area contributed by atoms with Crippen molar-refractivity contribution in [3.63, 3.8) is 0 Å². The van der Waals surface area contributed by atoms with E-state index in [-0.39, 0.29) is 23.4 Å². The molecule has 138 valence electrons. The van der Waals surface area contributed by atoms with E-state index in [0.29, 0.717) is 48.3 Å². The number of rotatable bonds is 5. The number of nitrogens with zero attached hydrogens (tertiary/aromatic N) is 2. The Morgan fingerprint density at radius 2 is 2.08 bits per heavy atom. The summed E-state index contributed by atoms with van der Waals surface area (Å²) < 4.78 is 5.01. The minimum Gasteiger partial charge on any atom is -0.466 e. The van der Waals surface area contributed by atoms with Gasteiger partial charge in [0.05, 0.1) is 23.2 Å². The first-order valence-electron chi connectivity index (χ1n) is 8.24. The summed E-state index contributed by atoms with van der Waals surface area (Å²) in [6.45, 7) is 2.92. The average Bonchev–Trinajstić information content (AvgIpc) is 2.64. The first-order chi connectivity index (χ1) is 12.5. The van der Waals surface area contributed by atoms with Gasteiger partial charge in [0, 0.05) is 24.3 Å². The monoisotopic (exact) mass is 395 g/mol. The van der Waals surface area contributed by atoms with Gasteiger partial charge in [0.25, 0.3) is 5.91 Å². The highest BCUT2D eigenvalue weighted by Gasteiger charge is 2.29. The number of nitrogens with one attached hydrogen (secondary N) is 1. The number of hydrogen-bond donors (Lipinski definition) is 1. The summed E-state index contributed by atoms with van der Waals surface area (Å²) in [7, 11) is 0. The van der Waals surface area contributed by atoms with Crippen LogP contribution in [0.5, 0.6) is 0 Å². The zero-order chi connectivity index (χ0) is 19.1. The predicted molar refractivity (Wildman–Crippen MR) is 99.7 cm³/mol. The Balaban J connectivity index is 1.98. The van der Waals surface area contributed by atoms with Crippen molar-refractivity contribution in [1.82, 2.24) is 4.90 Å². The number of carbonyl (C=O) groups is 2. The molecular weight excluding hydrogens is 377 g/mol. The smallest absolute Gasteiger partial charge is 0.309 e. The van der Waals surface area contributed by atoms with E-state index in [4.69, 9.17) is 27.9 Å². The van der Waals surface area contributed by atoms with Crippen LogP contribution in [0.3, 0.4) is 0 Å². The maximum absolute atomic E-state index is 12.5. The second-order valence-corrected chi connectivity index (χ2v) is 6.60. The Kier molecular flexibility index (Phi) is 7.31. The van der Waals surface area contributed by atoms with Crippen LogP contribution in [0.4, 0.5) is 5.69 Å². The average molecular weight is 396 g/mol. The summed E-state index contributed by atoms with van der Waals surface area (Å²) in [5.74, 6) is -0.804. The van der Waals surface area contributed by atoms with Gasteiger partial charge in [-0.15, -0.1) is 0 Å². The van der Waals surface area contributed by atoms with E-state index >= 15 is 0 Å². The standard InChI is InChI=1S/C18H19Cl2N3O3/c1-2-26-18(25)12-5-7-23(8-6-12)17(24)13(10-21)11-22-16-4-3-14(19)9-15(16)20/h3-4,9,11-12,22H,2,5-8H2,1H3/b13-11-. The second-order valence-electron chi connectivity index (χ2n) is 5.76. The molecule has 1 fully saturated rings. The summed E-state index contributed by atoms with van der Waals surface area (Å²) in [5.41, 5.74) is 0.503. The zero-order valence-corrected chi connectivity index (χ0v) is 15.8. The fourth-order valence-electron chi connectivity index (χ4n) is 2.65. The first kappa shape index (κ1) is 20.1. The summed E-state index contributed by atoms with van der Waals surface area (Å²) >= 11 is 11.9. The number of halogens is 2. The van der Waals surface area contributed by atoms with E-state index in [0.717, 1.165) is 0 Å². The minimum absolute atomic E-state index is 0.0365. The molecule has 0 aliphatic carbocycles. The SMILES string of the molecule is CCOC(=O)C1CCN(C(=O)/C(C#N)=C\Nc2ccc(Cl)cc2Cl)CC1. The highest BCUT2D eigenvalue weighted by molar-refractivity contribution is 6.36. The number of hydrogen-bond acceptors (Lipinski definition) is 5. The summed E-state index contributed by atoms with van der Waals surface area (Å²) in [5, 5.41) is 13.0. The molecular formula is C18H19Cl2N3O3. The van der Waals surface area contributed by atoms with Gasteiger partial charge >= 0.3 is 5.97 Å². The highest BCUT2D eigenvalue weighted by atomic mass is 35.5. The van der Waals surface area contributed by atoms with Gasteiger partial charge in [-0.05, 0) is 38.0 Å². The molecule has 0 saturated carbocycles. The summed E-state index contributed by atoms with van der Waals surface area (Å²) in [6.07, 6.45) is 2.38. The van der Waals surface area contributed by atoms with Crippen LogP contribution >= 0.6 is 23.2 Å². The second kappa shape index (κ2) is 9.46. The van der Waals surface area contributed by atoms with Crippen LogP contribution < -0.4 is 5.32 Å². The van der Waals surface area contributed by atoms with E-state index in [9.17, 15) is 14.9 Å². The Morgan fingerprint density at radius 1 is 1.38 bits per heavy atom. The molecule has 1 saturated heterocycles. The van der Waals surface area contributed by atoms with E-state index < -0.39 is 0 Å². The van der Waals surface area contributed by atoms with Crippen molar-refractivity contribution in [2.75, 3.05) is 25.0 Å². The van der Waals surface area contributed by atoms with Crippen LogP contribution in [0, 0.1) is 17.2 Å². The summed E-state index contributed by atoms with van der Waals surface area (Å²) in [6, 6.07) is 6.77. The Labute approximate surface area is 162 Å². The highest BCUT2D eigenvalue weighted by Crippen LogP contribution is 2.26. The van der Waals surface area contributed by atoms with Gasteiger partial charge in [-0.3, -0.25) is 9.59 Å². The van der Waals surface area contributed by atoms with Gasteiger partial charge in [0.1, 0.15) is 11.6 Å². The lowest BCUT2D eigenvalue weighted by Crippen LogP contribution is -2.41. The summed E-state index contributed by atoms with van der Waals surface area (Å²) in [4.78, 5) is 25.8. The number of nitriles is 1. The van der Waals surface area contributed by atoms with Gasteiger partial charge in [-0.2, -0.15) is 5.26 Å². The van der Waals surface area contributed by atoms with Crippen LogP contribution in [-0.2, 0) is 14.3 Å². The van der Waals surface area contributed by atoms with Crippen LogP contribution in [-0.4, -0.2) is 36.5 Å². The molecule has 1 aliphatic rings. The lowest BCUT2D eigenvalue weighted by Gasteiger charge is -2.30. The fraction of sp³-hybridized carbons (Fsp3) is 0.389. The van der Waals surface area contributed by atoms with Crippen molar-refractivity contribution in [3.8, 4) is 6.07 Å². The quantitative estimate of drug-likeness (QED) is 0.467.